The fourth-order valence-corrected chi connectivity index (χ4v) is 3.28. The zero-order chi connectivity index (χ0) is 16.3. The maximum Gasteiger partial charge on any atom is 0.327 e. The third-order valence-electron chi connectivity index (χ3n) is 3.43. The number of rotatable bonds is 5. The van der Waals surface area contributed by atoms with Gasteiger partial charge in [-0.1, -0.05) is 6.07 Å². The van der Waals surface area contributed by atoms with Crippen molar-refractivity contribution in [1.29, 1.82) is 0 Å². The number of nitrogens with one attached hydrogen (secondary N) is 2. The molecular weight excluding hydrogens is 308 g/mol. The Kier molecular flexibility index (Phi) is 4.70. The van der Waals surface area contributed by atoms with E-state index in [1.807, 2.05) is 12.1 Å². The third-order valence-corrected chi connectivity index (χ3v) is 4.37. The lowest BCUT2D eigenvalue weighted by Gasteiger charge is -2.14. The van der Waals surface area contributed by atoms with Crippen LogP contribution in [-0.2, 0) is 27.5 Å². The van der Waals surface area contributed by atoms with Gasteiger partial charge in [0.2, 0.25) is 0 Å². The van der Waals surface area contributed by atoms with Gasteiger partial charge >= 0.3 is 12.0 Å². The summed E-state index contributed by atoms with van der Waals surface area (Å²) in [5.41, 5.74) is 2.98. The molecule has 0 aliphatic heterocycles. The zero-order valence-corrected chi connectivity index (χ0v) is 12.9. The molecule has 7 nitrogen and oxygen atoms in total. The molecular formula is C14H18N2O5S. The molecule has 1 atom stereocenters. The fraction of sp³-hybridized carbons (Fsp3) is 0.429. The first-order valence-electron chi connectivity index (χ1n) is 6.84. The van der Waals surface area contributed by atoms with E-state index in [2.05, 4.69) is 10.6 Å². The molecule has 1 aliphatic rings. The highest BCUT2D eigenvalue weighted by molar-refractivity contribution is 7.90. The average Bonchev–Trinajstić information content (AvgIpc) is 2.83. The van der Waals surface area contributed by atoms with Gasteiger partial charge in [-0.25, -0.2) is 18.0 Å². The molecule has 0 saturated heterocycles. The summed E-state index contributed by atoms with van der Waals surface area (Å²) in [6, 6.07) is 3.31. The predicted molar refractivity (Wildman–Crippen MR) is 81.8 cm³/mol. The molecule has 1 unspecified atom stereocenters. The molecule has 22 heavy (non-hydrogen) atoms. The molecule has 2 amide bonds. The number of hydrogen-bond donors (Lipinski definition) is 3. The largest absolute Gasteiger partial charge is 0.480 e. The number of sulfone groups is 1. The predicted octanol–water partition coefficient (Wildman–Crippen LogP) is 0.795. The maximum absolute atomic E-state index is 11.8. The Morgan fingerprint density at radius 2 is 1.95 bits per heavy atom. The van der Waals surface area contributed by atoms with E-state index >= 15 is 0 Å². The number of carbonyl (C=O) groups is 2. The number of aliphatic carboxylic acids is 1. The van der Waals surface area contributed by atoms with Crippen molar-refractivity contribution in [3.05, 3.63) is 29.3 Å². The van der Waals surface area contributed by atoms with Crippen LogP contribution in [-0.4, -0.2) is 43.6 Å². The van der Waals surface area contributed by atoms with Crippen LogP contribution >= 0.6 is 0 Å². The van der Waals surface area contributed by atoms with Crippen LogP contribution in [0.3, 0.4) is 0 Å². The molecule has 1 aromatic carbocycles. The normalized spacial score (nSPS) is 15.0. The molecule has 1 aromatic rings. The second-order valence-electron chi connectivity index (χ2n) is 5.42. The van der Waals surface area contributed by atoms with E-state index in [0.29, 0.717) is 5.69 Å². The Bertz CT molecular complexity index is 699. The van der Waals surface area contributed by atoms with E-state index in [9.17, 15) is 18.0 Å². The van der Waals surface area contributed by atoms with Crippen molar-refractivity contribution in [3.8, 4) is 0 Å². The van der Waals surface area contributed by atoms with Gasteiger partial charge in [-0.3, -0.25) is 0 Å². The second kappa shape index (κ2) is 6.35. The van der Waals surface area contributed by atoms with E-state index in [0.717, 1.165) is 25.5 Å². The van der Waals surface area contributed by atoms with Gasteiger partial charge in [0.15, 0.2) is 0 Å². The van der Waals surface area contributed by atoms with Gasteiger partial charge in [-0.2, -0.15) is 0 Å². The van der Waals surface area contributed by atoms with Crippen LogP contribution < -0.4 is 10.6 Å². The number of anilines is 1. The van der Waals surface area contributed by atoms with Crippen molar-refractivity contribution in [1.82, 2.24) is 5.32 Å². The summed E-state index contributed by atoms with van der Waals surface area (Å²) < 4.78 is 22.4. The van der Waals surface area contributed by atoms with Crippen molar-refractivity contribution < 1.29 is 23.1 Å². The fourth-order valence-electron chi connectivity index (χ4n) is 2.45. The first-order valence-corrected chi connectivity index (χ1v) is 8.90. The molecule has 0 aromatic heterocycles. The molecule has 0 saturated carbocycles. The SMILES string of the molecule is CS(=O)(=O)CC(NC(=O)Nc1ccc2c(c1)CCC2)C(=O)O. The van der Waals surface area contributed by atoms with Gasteiger partial charge < -0.3 is 15.7 Å². The van der Waals surface area contributed by atoms with Crippen LogP contribution in [0.1, 0.15) is 17.5 Å². The number of benzene rings is 1. The molecule has 8 heteroatoms. The minimum Gasteiger partial charge on any atom is -0.480 e. The van der Waals surface area contributed by atoms with E-state index in [1.54, 1.807) is 6.07 Å². The van der Waals surface area contributed by atoms with Crippen molar-refractivity contribution in [2.24, 2.45) is 0 Å². The first kappa shape index (κ1) is 16.3. The Morgan fingerprint density at radius 3 is 2.59 bits per heavy atom. The molecule has 0 spiro atoms. The molecule has 0 heterocycles. The third kappa shape index (κ3) is 4.45. The van der Waals surface area contributed by atoms with Crippen LogP contribution in [0.4, 0.5) is 10.5 Å². The summed E-state index contributed by atoms with van der Waals surface area (Å²) in [6.07, 6.45) is 3.99. The Labute approximate surface area is 128 Å². The Hall–Kier alpha value is -2.09. The minimum atomic E-state index is -3.52. The number of hydrogen-bond acceptors (Lipinski definition) is 4. The standard InChI is InChI=1S/C14H18N2O5S/c1-22(20,21)8-12(13(17)18)16-14(19)15-11-6-5-9-3-2-4-10(9)7-11/h5-7,12H,2-4,8H2,1H3,(H,17,18)(H2,15,16,19). The number of carboxylic acid groups (broad SMARTS) is 1. The quantitative estimate of drug-likeness (QED) is 0.740. The lowest BCUT2D eigenvalue weighted by atomic mass is 10.1. The topological polar surface area (TPSA) is 113 Å². The van der Waals surface area contributed by atoms with Crippen LogP contribution in [0.15, 0.2) is 18.2 Å². The van der Waals surface area contributed by atoms with Gasteiger partial charge in [0, 0.05) is 11.9 Å². The van der Waals surface area contributed by atoms with Gasteiger partial charge in [0.25, 0.3) is 0 Å². The van der Waals surface area contributed by atoms with E-state index in [-0.39, 0.29) is 0 Å². The Morgan fingerprint density at radius 1 is 1.27 bits per heavy atom. The highest BCUT2D eigenvalue weighted by atomic mass is 32.2. The average molecular weight is 326 g/mol. The van der Waals surface area contributed by atoms with E-state index in [1.165, 1.54) is 11.1 Å². The van der Waals surface area contributed by atoms with Crippen LogP contribution in [0.25, 0.3) is 0 Å². The summed E-state index contributed by atoms with van der Waals surface area (Å²) in [5, 5.41) is 13.7. The van der Waals surface area contributed by atoms with E-state index in [4.69, 9.17) is 5.11 Å². The molecule has 2 rings (SSSR count). The van der Waals surface area contributed by atoms with Gasteiger partial charge in [0.05, 0.1) is 5.75 Å². The van der Waals surface area contributed by atoms with Crippen LogP contribution in [0.5, 0.6) is 0 Å². The number of carbonyl (C=O) groups excluding carboxylic acids is 1. The van der Waals surface area contributed by atoms with Crippen LogP contribution in [0, 0.1) is 0 Å². The summed E-state index contributed by atoms with van der Waals surface area (Å²) in [4.78, 5) is 22.8. The monoisotopic (exact) mass is 326 g/mol. The summed E-state index contributed by atoms with van der Waals surface area (Å²) in [5.74, 6) is -2.05. The molecule has 0 bridgehead atoms. The minimum absolute atomic E-state index is 0.557. The van der Waals surface area contributed by atoms with Gasteiger partial charge in [-0.15, -0.1) is 0 Å². The molecule has 3 N–H and O–H groups in total. The van der Waals surface area contributed by atoms with Crippen molar-refractivity contribution >= 4 is 27.5 Å². The molecule has 0 fully saturated rings. The van der Waals surface area contributed by atoms with Gasteiger partial charge in [0.1, 0.15) is 15.9 Å². The first-order chi connectivity index (χ1) is 10.2. The lowest BCUT2D eigenvalue weighted by molar-refractivity contribution is -0.138. The van der Waals surface area contributed by atoms with Crippen molar-refractivity contribution in [2.75, 3.05) is 17.3 Å². The van der Waals surface area contributed by atoms with Gasteiger partial charge in [-0.05, 0) is 42.5 Å². The summed E-state index contributed by atoms with van der Waals surface area (Å²) in [7, 11) is -3.52. The van der Waals surface area contributed by atoms with Crippen LogP contribution in [0.2, 0.25) is 0 Å². The van der Waals surface area contributed by atoms with E-state index < -0.39 is 33.6 Å². The smallest absolute Gasteiger partial charge is 0.327 e. The number of aryl methyl sites for hydroxylation is 2. The van der Waals surface area contributed by atoms with Crippen molar-refractivity contribution in [3.63, 3.8) is 0 Å². The summed E-state index contributed by atoms with van der Waals surface area (Å²) in [6.45, 7) is 0. The number of amides is 2. The summed E-state index contributed by atoms with van der Waals surface area (Å²) >= 11 is 0. The molecule has 0 radical (unpaired) electrons. The Balaban J connectivity index is 2.00. The molecule has 1 aliphatic carbocycles. The highest BCUT2D eigenvalue weighted by Crippen LogP contribution is 2.24. The molecule has 120 valence electrons. The second-order valence-corrected chi connectivity index (χ2v) is 7.60. The lowest BCUT2D eigenvalue weighted by Crippen LogP contribution is -2.46. The number of fused-ring (bicyclic) bond motifs is 1. The number of urea groups is 1. The zero-order valence-electron chi connectivity index (χ0n) is 12.1. The number of carboxylic acids is 1. The maximum atomic E-state index is 11.8. The highest BCUT2D eigenvalue weighted by Gasteiger charge is 2.24. The van der Waals surface area contributed by atoms with Crippen molar-refractivity contribution in [2.45, 2.75) is 25.3 Å².